The highest BCUT2D eigenvalue weighted by molar-refractivity contribution is 5.58. The minimum absolute atomic E-state index is 0.519. The first kappa shape index (κ1) is 13.4. The lowest BCUT2D eigenvalue weighted by Crippen LogP contribution is -2.16. The van der Waals surface area contributed by atoms with Gasteiger partial charge in [0.2, 0.25) is 0 Å². The third-order valence-corrected chi connectivity index (χ3v) is 3.76. The number of nitrogens with two attached hydrogens (primary N) is 1. The van der Waals surface area contributed by atoms with Crippen LogP contribution in [0.15, 0.2) is 48.2 Å². The van der Waals surface area contributed by atoms with Gasteiger partial charge in [-0.3, -0.25) is 0 Å². The molecule has 0 bridgehead atoms. The minimum atomic E-state index is 0.519. The number of nitrogens with zero attached hydrogens (tertiary/aromatic N) is 2. The second kappa shape index (κ2) is 5.74. The molecule has 3 heteroatoms. The molecular formula is C16H21N3. The standard InChI is InChI=1S/C16H21N3/c1-4-18-11-19(3)12(2)10-13-8-9-15-14(13)6-5-7-16(15)17/h4-7,11,13H,1-2,8-10,17H2,3H3/b18-11-. The van der Waals surface area contributed by atoms with E-state index < -0.39 is 0 Å². The van der Waals surface area contributed by atoms with E-state index in [4.69, 9.17) is 5.73 Å². The Balaban J connectivity index is 2.07. The van der Waals surface area contributed by atoms with Crippen molar-refractivity contribution in [3.05, 3.63) is 54.4 Å². The number of hydrogen-bond acceptors (Lipinski definition) is 2. The number of allylic oxidation sites excluding steroid dienone is 1. The molecule has 0 heterocycles. The molecule has 0 saturated carbocycles. The van der Waals surface area contributed by atoms with Gasteiger partial charge in [-0.2, -0.15) is 0 Å². The van der Waals surface area contributed by atoms with Crippen molar-refractivity contribution in [1.29, 1.82) is 0 Å². The Kier molecular flexibility index (Phi) is 4.05. The zero-order chi connectivity index (χ0) is 13.8. The van der Waals surface area contributed by atoms with Crippen LogP contribution >= 0.6 is 0 Å². The van der Waals surface area contributed by atoms with Gasteiger partial charge in [0, 0.05) is 24.6 Å². The first-order valence-electron chi connectivity index (χ1n) is 6.55. The Hall–Kier alpha value is -2.03. The lowest BCUT2D eigenvalue weighted by Gasteiger charge is -2.20. The Bertz CT molecular complexity index is 517. The number of benzene rings is 1. The molecule has 1 aromatic rings. The molecule has 1 aromatic carbocycles. The van der Waals surface area contributed by atoms with Crippen molar-refractivity contribution in [2.75, 3.05) is 12.8 Å². The number of anilines is 1. The van der Waals surface area contributed by atoms with E-state index in [9.17, 15) is 0 Å². The van der Waals surface area contributed by atoms with Crippen LogP contribution in [0, 0.1) is 0 Å². The van der Waals surface area contributed by atoms with Crippen molar-refractivity contribution in [3.63, 3.8) is 0 Å². The first-order chi connectivity index (χ1) is 9.13. The Morgan fingerprint density at radius 2 is 2.37 bits per heavy atom. The van der Waals surface area contributed by atoms with Crippen molar-refractivity contribution < 1.29 is 0 Å². The quantitative estimate of drug-likeness (QED) is 0.498. The monoisotopic (exact) mass is 255 g/mol. The molecule has 0 amide bonds. The fraction of sp³-hybridized carbons (Fsp3) is 0.312. The predicted octanol–water partition coefficient (Wildman–Crippen LogP) is 3.31. The lowest BCUT2D eigenvalue weighted by atomic mass is 9.96. The van der Waals surface area contributed by atoms with Crippen LogP contribution in [0.5, 0.6) is 0 Å². The maximum absolute atomic E-state index is 6.03. The van der Waals surface area contributed by atoms with Crippen LogP contribution in [0.25, 0.3) is 0 Å². The zero-order valence-electron chi connectivity index (χ0n) is 11.5. The van der Waals surface area contributed by atoms with Gasteiger partial charge in [0.05, 0.1) is 6.34 Å². The van der Waals surface area contributed by atoms with Crippen LogP contribution in [0.2, 0.25) is 0 Å². The minimum Gasteiger partial charge on any atom is -0.398 e. The van der Waals surface area contributed by atoms with Crippen LogP contribution in [0.1, 0.15) is 29.9 Å². The average Bonchev–Trinajstić information content (AvgIpc) is 2.80. The Morgan fingerprint density at radius 3 is 3.11 bits per heavy atom. The molecule has 19 heavy (non-hydrogen) atoms. The predicted molar refractivity (Wildman–Crippen MR) is 82.1 cm³/mol. The number of fused-ring (bicyclic) bond motifs is 1. The molecule has 3 nitrogen and oxygen atoms in total. The van der Waals surface area contributed by atoms with Crippen molar-refractivity contribution in [3.8, 4) is 0 Å². The molecule has 2 rings (SSSR count). The van der Waals surface area contributed by atoms with Crippen LogP contribution in [-0.4, -0.2) is 18.3 Å². The fourth-order valence-corrected chi connectivity index (χ4v) is 2.64. The summed E-state index contributed by atoms with van der Waals surface area (Å²) in [5.41, 5.74) is 10.7. The maximum Gasteiger partial charge on any atom is 0.0943 e. The first-order valence-corrected chi connectivity index (χ1v) is 6.55. The molecule has 0 aliphatic heterocycles. The summed E-state index contributed by atoms with van der Waals surface area (Å²) in [5.74, 6) is 0.519. The normalized spacial score (nSPS) is 17.4. The van der Waals surface area contributed by atoms with E-state index >= 15 is 0 Å². The van der Waals surface area contributed by atoms with Crippen molar-refractivity contribution in [2.45, 2.75) is 25.2 Å². The highest BCUT2D eigenvalue weighted by Crippen LogP contribution is 2.39. The van der Waals surface area contributed by atoms with Gasteiger partial charge in [0.15, 0.2) is 0 Å². The van der Waals surface area contributed by atoms with E-state index in [1.165, 1.54) is 17.3 Å². The van der Waals surface area contributed by atoms with Crippen LogP contribution < -0.4 is 5.73 Å². The second-order valence-corrected chi connectivity index (χ2v) is 4.98. The van der Waals surface area contributed by atoms with Gasteiger partial charge >= 0.3 is 0 Å². The fourth-order valence-electron chi connectivity index (χ4n) is 2.64. The van der Waals surface area contributed by atoms with Gasteiger partial charge in [0.1, 0.15) is 0 Å². The lowest BCUT2D eigenvalue weighted by molar-refractivity contribution is 0.553. The molecule has 0 spiro atoms. The van der Waals surface area contributed by atoms with Gasteiger partial charge in [0.25, 0.3) is 0 Å². The van der Waals surface area contributed by atoms with Crippen LogP contribution in [0.4, 0.5) is 5.69 Å². The largest absolute Gasteiger partial charge is 0.398 e. The van der Waals surface area contributed by atoms with E-state index in [1.807, 2.05) is 24.1 Å². The van der Waals surface area contributed by atoms with Gasteiger partial charge in [-0.05, 0) is 42.4 Å². The summed E-state index contributed by atoms with van der Waals surface area (Å²) in [6.07, 6.45) is 6.43. The van der Waals surface area contributed by atoms with Crippen molar-refractivity contribution in [2.24, 2.45) is 4.99 Å². The van der Waals surface area contributed by atoms with E-state index in [0.29, 0.717) is 5.92 Å². The van der Waals surface area contributed by atoms with E-state index in [2.05, 4.69) is 24.2 Å². The van der Waals surface area contributed by atoms with Gasteiger partial charge in [-0.25, -0.2) is 4.99 Å². The van der Waals surface area contributed by atoms with Crippen LogP contribution in [-0.2, 0) is 6.42 Å². The van der Waals surface area contributed by atoms with E-state index in [0.717, 1.165) is 30.6 Å². The summed E-state index contributed by atoms with van der Waals surface area (Å²) in [5, 5.41) is 0. The Labute approximate surface area is 115 Å². The molecule has 1 aliphatic rings. The molecule has 0 aromatic heterocycles. The molecule has 2 N–H and O–H groups in total. The number of aliphatic imine (C=N–C) groups is 1. The molecule has 0 fully saturated rings. The smallest absolute Gasteiger partial charge is 0.0943 e. The van der Waals surface area contributed by atoms with Crippen LogP contribution in [0.3, 0.4) is 0 Å². The van der Waals surface area contributed by atoms with Gasteiger partial charge < -0.3 is 10.6 Å². The molecule has 0 radical (unpaired) electrons. The highest BCUT2D eigenvalue weighted by atomic mass is 15.1. The second-order valence-electron chi connectivity index (χ2n) is 4.98. The highest BCUT2D eigenvalue weighted by Gasteiger charge is 2.24. The number of rotatable bonds is 5. The summed E-state index contributed by atoms with van der Waals surface area (Å²) >= 11 is 0. The summed E-state index contributed by atoms with van der Waals surface area (Å²) < 4.78 is 0. The third-order valence-electron chi connectivity index (χ3n) is 3.76. The topological polar surface area (TPSA) is 41.6 Å². The Morgan fingerprint density at radius 1 is 1.58 bits per heavy atom. The third kappa shape index (κ3) is 2.87. The molecular weight excluding hydrogens is 234 g/mol. The molecule has 100 valence electrons. The zero-order valence-corrected chi connectivity index (χ0v) is 11.5. The molecule has 1 unspecified atom stereocenters. The molecule has 1 aliphatic carbocycles. The molecule has 0 saturated heterocycles. The summed E-state index contributed by atoms with van der Waals surface area (Å²) in [4.78, 5) is 5.96. The molecule has 1 atom stereocenters. The van der Waals surface area contributed by atoms with Gasteiger partial charge in [-0.15, -0.1) is 0 Å². The van der Waals surface area contributed by atoms with Crippen molar-refractivity contribution in [1.82, 2.24) is 4.90 Å². The van der Waals surface area contributed by atoms with E-state index in [-0.39, 0.29) is 0 Å². The van der Waals surface area contributed by atoms with Crippen molar-refractivity contribution >= 4 is 12.0 Å². The summed E-state index contributed by atoms with van der Waals surface area (Å²) in [6, 6.07) is 6.21. The number of hydrogen-bond donors (Lipinski definition) is 1. The summed E-state index contributed by atoms with van der Waals surface area (Å²) in [7, 11) is 1.96. The SMILES string of the molecule is C=C/N=C\N(C)C(=C)CC1CCc2c(N)cccc21. The maximum atomic E-state index is 6.03. The average molecular weight is 255 g/mol. The van der Waals surface area contributed by atoms with Gasteiger partial charge in [-0.1, -0.05) is 25.3 Å². The number of nitrogen functional groups attached to an aromatic ring is 1. The summed E-state index contributed by atoms with van der Waals surface area (Å²) in [6.45, 7) is 7.70. The van der Waals surface area contributed by atoms with E-state index in [1.54, 1.807) is 6.34 Å².